The Kier molecular flexibility index (Phi) is 6.01. The molecule has 34 heavy (non-hydrogen) atoms. The maximum atomic E-state index is 13.2. The summed E-state index contributed by atoms with van der Waals surface area (Å²) in [7, 11) is 0. The fourth-order valence-corrected chi connectivity index (χ4v) is 3.54. The van der Waals surface area contributed by atoms with E-state index in [2.05, 4.69) is 25.4 Å². The van der Waals surface area contributed by atoms with E-state index in [-0.39, 0.29) is 23.7 Å². The average Bonchev–Trinajstić information content (AvgIpc) is 3.21. The highest BCUT2D eigenvalue weighted by Crippen LogP contribution is 2.29. The summed E-state index contributed by atoms with van der Waals surface area (Å²) in [6.45, 7) is 5.09. The second kappa shape index (κ2) is 9.40. The van der Waals surface area contributed by atoms with Crippen LogP contribution >= 0.6 is 0 Å². The first kappa shape index (κ1) is 21.7. The molecule has 1 aliphatic rings. The predicted octanol–water partition coefficient (Wildman–Crippen LogP) is 4.01. The Morgan fingerprint density at radius 2 is 2.00 bits per heavy atom. The van der Waals surface area contributed by atoms with E-state index in [4.69, 9.17) is 9.47 Å². The number of rotatable bonds is 7. The molecule has 0 radical (unpaired) electrons. The van der Waals surface area contributed by atoms with Gasteiger partial charge in [-0.2, -0.15) is 5.10 Å². The monoisotopic (exact) mass is 456 g/mol. The van der Waals surface area contributed by atoms with E-state index in [1.54, 1.807) is 30.7 Å². The molecule has 9 nitrogen and oxygen atoms in total. The van der Waals surface area contributed by atoms with Gasteiger partial charge in [-0.1, -0.05) is 12.1 Å². The van der Waals surface area contributed by atoms with Crippen molar-refractivity contribution in [3.05, 3.63) is 72.9 Å². The third kappa shape index (κ3) is 4.65. The maximum absolute atomic E-state index is 13.2. The van der Waals surface area contributed by atoms with Gasteiger partial charge in [-0.25, -0.2) is 4.98 Å². The zero-order chi connectivity index (χ0) is 23.5. The quantitative estimate of drug-likeness (QED) is 0.448. The zero-order valence-corrected chi connectivity index (χ0v) is 18.9. The number of hydrogen-bond acceptors (Lipinski definition) is 7. The largest absolute Gasteiger partial charge is 0.489 e. The molecule has 9 heteroatoms. The van der Waals surface area contributed by atoms with Crippen molar-refractivity contribution in [3.63, 3.8) is 0 Å². The number of amides is 1. The lowest BCUT2D eigenvalue weighted by molar-refractivity contribution is -0.0285. The van der Waals surface area contributed by atoms with E-state index in [0.717, 1.165) is 5.56 Å². The molecule has 0 spiro atoms. The Morgan fingerprint density at radius 3 is 2.74 bits per heavy atom. The normalized spacial score (nSPS) is 13.5. The van der Waals surface area contributed by atoms with E-state index in [0.29, 0.717) is 41.7 Å². The standard InChI is InChI=1S/C25H24N6O3/c1-16(2)34-19-10-17(11-26-12-19)20-7-5-8-22(28-20)25(32)29-23-13-31(18-14-33-15-18)30-24(23)21-6-3-4-9-27-21/h3-13,16,18H,14-15H2,1-2H3,(H,29,32). The van der Waals surface area contributed by atoms with Gasteiger partial charge in [0.15, 0.2) is 0 Å². The fourth-order valence-electron chi connectivity index (χ4n) is 3.54. The molecule has 0 unspecified atom stereocenters. The van der Waals surface area contributed by atoms with E-state index >= 15 is 0 Å². The van der Waals surface area contributed by atoms with Crippen molar-refractivity contribution < 1.29 is 14.3 Å². The van der Waals surface area contributed by atoms with Crippen LogP contribution in [0.15, 0.2) is 67.3 Å². The van der Waals surface area contributed by atoms with Gasteiger partial charge < -0.3 is 14.8 Å². The number of pyridine rings is 3. The van der Waals surface area contributed by atoms with Gasteiger partial charge in [0.25, 0.3) is 5.91 Å². The molecule has 0 saturated carbocycles. The highest BCUT2D eigenvalue weighted by atomic mass is 16.5. The first-order chi connectivity index (χ1) is 16.6. The molecule has 1 saturated heterocycles. The maximum Gasteiger partial charge on any atom is 0.274 e. The highest BCUT2D eigenvalue weighted by molar-refractivity contribution is 6.04. The number of nitrogens with one attached hydrogen (secondary N) is 1. The molecule has 5 rings (SSSR count). The van der Waals surface area contributed by atoms with Crippen LogP contribution in [-0.2, 0) is 4.74 Å². The number of carbonyl (C=O) groups excluding carboxylic acids is 1. The molecular weight excluding hydrogens is 432 g/mol. The van der Waals surface area contributed by atoms with Gasteiger partial charge in [-0.15, -0.1) is 0 Å². The van der Waals surface area contributed by atoms with E-state index in [9.17, 15) is 4.79 Å². The van der Waals surface area contributed by atoms with Gasteiger partial charge in [0, 0.05) is 24.2 Å². The fraction of sp³-hybridized carbons (Fsp3) is 0.240. The molecule has 0 atom stereocenters. The van der Waals surface area contributed by atoms with Crippen LogP contribution in [0.1, 0.15) is 30.4 Å². The van der Waals surface area contributed by atoms with Gasteiger partial charge in [0.05, 0.1) is 48.6 Å². The Hall–Kier alpha value is -4.11. The Bertz CT molecular complexity index is 1300. The number of anilines is 1. The van der Waals surface area contributed by atoms with Gasteiger partial charge in [-0.3, -0.25) is 19.4 Å². The Labute approximate surface area is 196 Å². The summed E-state index contributed by atoms with van der Waals surface area (Å²) in [5, 5.41) is 7.62. The van der Waals surface area contributed by atoms with Crippen molar-refractivity contribution in [3.8, 4) is 28.4 Å². The molecule has 0 bridgehead atoms. The van der Waals surface area contributed by atoms with Crippen LogP contribution in [0, 0.1) is 0 Å². The van der Waals surface area contributed by atoms with Crippen LogP contribution < -0.4 is 10.1 Å². The van der Waals surface area contributed by atoms with Crippen LogP contribution in [0.25, 0.3) is 22.6 Å². The van der Waals surface area contributed by atoms with Crippen LogP contribution in [0.5, 0.6) is 5.75 Å². The summed E-state index contributed by atoms with van der Waals surface area (Å²) in [5.74, 6) is 0.308. The molecule has 0 aromatic carbocycles. The molecule has 4 aromatic heterocycles. The summed E-state index contributed by atoms with van der Waals surface area (Å²) >= 11 is 0. The van der Waals surface area contributed by atoms with Crippen LogP contribution in [0.4, 0.5) is 5.69 Å². The van der Waals surface area contributed by atoms with Crippen molar-refractivity contribution in [2.75, 3.05) is 18.5 Å². The molecule has 4 aromatic rings. The second-order valence-electron chi connectivity index (χ2n) is 8.22. The van der Waals surface area contributed by atoms with Gasteiger partial charge in [0.1, 0.15) is 17.1 Å². The van der Waals surface area contributed by atoms with E-state index in [1.165, 1.54) is 0 Å². The van der Waals surface area contributed by atoms with Crippen molar-refractivity contribution in [1.82, 2.24) is 24.7 Å². The molecule has 0 aliphatic carbocycles. The van der Waals surface area contributed by atoms with E-state index < -0.39 is 0 Å². The average molecular weight is 457 g/mol. The summed E-state index contributed by atoms with van der Waals surface area (Å²) < 4.78 is 12.8. The zero-order valence-electron chi connectivity index (χ0n) is 18.9. The van der Waals surface area contributed by atoms with Crippen LogP contribution in [-0.4, -0.2) is 50.0 Å². The second-order valence-corrected chi connectivity index (χ2v) is 8.22. The minimum atomic E-state index is -0.342. The SMILES string of the molecule is CC(C)Oc1cncc(-c2cccc(C(=O)Nc3cn(C4COC4)nc3-c3ccccn3)n2)c1. The molecule has 5 heterocycles. The summed E-state index contributed by atoms with van der Waals surface area (Å²) in [5.41, 5.74) is 3.50. The Morgan fingerprint density at radius 1 is 1.15 bits per heavy atom. The molecular formula is C25H24N6O3. The smallest absolute Gasteiger partial charge is 0.274 e. The third-order valence-corrected chi connectivity index (χ3v) is 5.24. The molecule has 172 valence electrons. The minimum Gasteiger partial charge on any atom is -0.489 e. The molecule has 1 amide bonds. The summed E-state index contributed by atoms with van der Waals surface area (Å²) in [6.07, 6.45) is 6.89. The van der Waals surface area contributed by atoms with Gasteiger partial charge >= 0.3 is 0 Å². The van der Waals surface area contributed by atoms with Crippen molar-refractivity contribution in [2.24, 2.45) is 0 Å². The van der Waals surface area contributed by atoms with Gasteiger partial charge in [0.2, 0.25) is 0 Å². The topological polar surface area (TPSA) is 104 Å². The lowest BCUT2D eigenvalue weighted by Crippen LogP contribution is -2.30. The summed E-state index contributed by atoms with van der Waals surface area (Å²) in [6, 6.07) is 12.9. The molecule has 1 aliphatic heterocycles. The number of carbonyl (C=O) groups is 1. The number of nitrogens with zero attached hydrogens (tertiary/aromatic N) is 5. The highest BCUT2D eigenvalue weighted by Gasteiger charge is 2.25. The number of hydrogen-bond donors (Lipinski definition) is 1. The van der Waals surface area contributed by atoms with Gasteiger partial charge in [-0.05, 0) is 44.2 Å². The minimum absolute atomic E-state index is 0.0304. The van der Waals surface area contributed by atoms with Crippen molar-refractivity contribution >= 4 is 11.6 Å². The van der Waals surface area contributed by atoms with Crippen LogP contribution in [0.2, 0.25) is 0 Å². The lowest BCUT2D eigenvalue weighted by atomic mass is 10.1. The van der Waals surface area contributed by atoms with Crippen LogP contribution in [0.3, 0.4) is 0 Å². The third-order valence-electron chi connectivity index (χ3n) is 5.24. The van der Waals surface area contributed by atoms with Crippen molar-refractivity contribution in [2.45, 2.75) is 26.0 Å². The number of aromatic nitrogens is 5. The first-order valence-electron chi connectivity index (χ1n) is 11.1. The molecule has 1 N–H and O–H groups in total. The Balaban J connectivity index is 1.42. The summed E-state index contributed by atoms with van der Waals surface area (Å²) in [4.78, 5) is 26.4. The predicted molar refractivity (Wildman–Crippen MR) is 126 cm³/mol. The van der Waals surface area contributed by atoms with Crippen molar-refractivity contribution in [1.29, 1.82) is 0 Å². The van der Waals surface area contributed by atoms with E-state index in [1.807, 2.05) is 55.1 Å². The lowest BCUT2D eigenvalue weighted by Gasteiger charge is -2.25. The number of ether oxygens (including phenoxy) is 2. The first-order valence-corrected chi connectivity index (χ1v) is 11.1. The molecule has 1 fully saturated rings.